The highest BCUT2D eigenvalue weighted by Gasteiger charge is 2.07. The predicted octanol–water partition coefficient (Wildman–Crippen LogP) is 3.49. The van der Waals surface area contributed by atoms with Gasteiger partial charge in [0.05, 0.1) is 6.54 Å². The Hall–Kier alpha value is -2.70. The second-order valence-electron chi connectivity index (χ2n) is 6.11. The van der Waals surface area contributed by atoms with E-state index in [1.54, 1.807) is 0 Å². The number of H-pyrrole nitrogens is 1. The molecule has 3 aromatic rings. The third-order valence-corrected chi connectivity index (χ3v) is 4.22. The summed E-state index contributed by atoms with van der Waals surface area (Å²) in [6.07, 6.45) is 2.21. The van der Waals surface area contributed by atoms with Gasteiger partial charge >= 0.3 is 0 Å². The second kappa shape index (κ2) is 9.85. The van der Waals surface area contributed by atoms with Crippen LogP contribution in [0.4, 0.5) is 5.69 Å². The normalized spacial score (nSPS) is 10.3. The summed E-state index contributed by atoms with van der Waals surface area (Å²) in [7, 11) is 0. The number of halogens is 1. The number of carbonyl (C=O) groups is 1. The van der Waals surface area contributed by atoms with Crippen molar-refractivity contribution in [2.45, 2.75) is 32.7 Å². The highest BCUT2D eigenvalue weighted by atomic mass is 35.5. The maximum atomic E-state index is 12.2. The molecular formula is C20H24ClN5O. The summed E-state index contributed by atoms with van der Waals surface area (Å²) in [6.45, 7) is 2.45. The van der Waals surface area contributed by atoms with Gasteiger partial charge in [0.1, 0.15) is 5.82 Å². The minimum absolute atomic E-state index is 0. The molecule has 3 rings (SSSR count). The number of hydrogen-bond acceptors (Lipinski definition) is 4. The van der Waals surface area contributed by atoms with Crippen LogP contribution >= 0.6 is 12.4 Å². The molecule has 0 aliphatic heterocycles. The SMILES string of the molecule is CCc1ccc(CCC(=O)Nc2ccc(-c3n[nH]c(CN)n3)cc2)cc1.Cl. The van der Waals surface area contributed by atoms with Crippen LogP contribution in [0.3, 0.4) is 0 Å². The van der Waals surface area contributed by atoms with Crippen LogP contribution in [0.5, 0.6) is 0 Å². The van der Waals surface area contributed by atoms with E-state index in [2.05, 4.69) is 51.7 Å². The van der Waals surface area contributed by atoms with Crippen molar-refractivity contribution in [2.24, 2.45) is 5.73 Å². The van der Waals surface area contributed by atoms with Crippen LogP contribution in [0.2, 0.25) is 0 Å². The summed E-state index contributed by atoms with van der Waals surface area (Å²) >= 11 is 0. The third-order valence-electron chi connectivity index (χ3n) is 4.22. The number of nitrogens with zero attached hydrogens (tertiary/aromatic N) is 2. The van der Waals surface area contributed by atoms with Crippen molar-refractivity contribution in [1.29, 1.82) is 0 Å². The molecule has 1 aromatic heterocycles. The standard InChI is InChI=1S/C20H23N5O.ClH/c1-2-14-3-5-15(6-4-14)7-12-19(26)22-17-10-8-16(9-11-17)20-23-18(13-21)24-25-20;/h3-6,8-11H,2,7,12-13,21H2,1H3,(H,22,26)(H,23,24,25);1H. The van der Waals surface area contributed by atoms with Crippen molar-refractivity contribution in [3.05, 3.63) is 65.5 Å². The number of hydrogen-bond donors (Lipinski definition) is 3. The topological polar surface area (TPSA) is 96.7 Å². The third kappa shape index (κ3) is 5.64. The molecule has 0 aliphatic carbocycles. The molecule has 27 heavy (non-hydrogen) atoms. The van der Waals surface area contributed by atoms with Crippen LogP contribution in [-0.2, 0) is 24.2 Å². The lowest BCUT2D eigenvalue weighted by atomic mass is 10.1. The Morgan fingerprint density at radius 3 is 2.33 bits per heavy atom. The maximum Gasteiger partial charge on any atom is 0.224 e. The lowest BCUT2D eigenvalue weighted by molar-refractivity contribution is -0.116. The van der Waals surface area contributed by atoms with Gasteiger partial charge in [0.2, 0.25) is 5.91 Å². The lowest BCUT2D eigenvalue weighted by Gasteiger charge is -2.06. The molecule has 0 unspecified atom stereocenters. The summed E-state index contributed by atoms with van der Waals surface area (Å²) in [5, 5.41) is 9.83. The van der Waals surface area contributed by atoms with E-state index in [0.29, 0.717) is 24.6 Å². The van der Waals surface area contributed by atoms with Gasteiger partial charge in [0.25, 0.3) is 0 Å². The van der Waals surface area contributed by atoms with Crippen molar-refractivity contribution in [1.82, 2.24) is 15.2 Å². The molecule has 0 bridgehead atoms. The predicted molar refractivity (Wildman–Crippen MR) is 110 cm³/mol. The summed E-state index contributed by atoms with van der Waals surface area (Å²) in [6, 6.07) is 15.9. The molecule has 1 heterocycles. The fourth-order valence-corrected chi connectivity index (χ4v) is 2.64. The lowest BCUT2D eigenvalue weighted by Crippen LogP contribution is -2.12. The van der Waals surface area contributed by atoms with Crippen molar-refractivity contribution in [3.8, 4) is 11.4 Å². The quantitative estimate of drug-likeness (QED) is 0.580. The Kier molecular flexibility index (Phi) is 7.52. The molecule has 142 valence electrons. The second-order valence-corrected chi connectivity index (χ2v) is 6.11. The number of nitrogens with one attached hydrogen (secondary N) is 2. The minimum atomic E-state index is 0. The Balaban J connectivity index is 0.00000261. The molecule has 2 aromatic carbocycles. The number of anilines is 1. The summed E-state index contributed by atoms with van der Waals surface area (Å²) in [5.41, 5.74) is 9.64. The first kappa shape index (κ1) is 20.6. The van der Waals surface area contributed by atoms with Crippen LogP contribution in [-0.4, -0.2) is 21.1 Å². The van der Waals surface area contributed by atoms with E-state index in [4.69, 9.17) is 5.73 Å². The van der Waals surface area contributed by atoms with Gasteiger partial charge < -0.3 is 11.1 Å². The zero-order valence-corrected chi connectivity index (χ0v) is 16.1. The summed E-state index contributed by atoms with van der Waals surface area (Å²) in [4.78, 5) is 16.4. The number of carbonyl (C=O) groups excluding carboxylic acids is 1. The minimum Gasteiger partial charge on any atom is -0.326 e. The van der Waals surface area contributed by atoms with E-state index < -0.39 is 0 Å². The van der Waals surface area contributed by atoms with Crippen molar-refractivity contribution in [2.75, 3.05) is 5.32 Å². The largest absolute Gasteiger partial charge is 0.326 e. The summed E-state index contributed by atoms with van der Waals surface area (Å²) < 4.78 is 0. The van der Waals surface area contributed by atoms with Crippen LogP contribution in [0.15, 0.2) is 48.5 Å². The van der Waals surface area contributed by atoms with Gasteiger partial charge in [-0.3, -0.25) is 9.89 Å². The van der Waals surface area contributed by atoms with Crippen molar-refractivity contribution >= 4 is 24.0 Å². The van der Waals surface area contributed by atoms with Gasteiger partial charge in [0.15, 0.2) is 5.82 Å². The molecule has 0 aliphatic rings. The van der Waals surface area contributed by atoms with Gasteiger partial charge in [-0.05, 0) is 48.2 Å². The van der Waals surface area contributed by atoms with Crippen molar-refractivity contribution < 1.29 is 4.79 Å². The molecule has 0 radical (unpaired) electrons. The summed E-state index contributed by atoms with van der Waals surface area (Å²) in [5.74, 6) is 1.24. The smallest absolute Gasteiger partial charge is 0.224 e. The van der Waals surface area contributed by atoms with Gasteiger partial charge in [-0.25, -0.2) is 4.98 Å². The first-order chi connectivity index (χ1) is 12.7. The zero-order valence-electron chi connectivity index (χ0n) is 15.2. The van der Waals surface area contributed by atoms with Gasteiger partial charge in [-0.15, -0.1) is 12.4 Å². The molecule has 0 atom stereocenters. The fraction of sp³-hybridized carbons (Fsp3) is 0.250. The Labute approximate surface area is 165 Å². The fourth-order valence-electron chi connectivity index (χ4n) is 2.64. The number of amides is 1. The zero-order chi connectivity index (χ0) is 18.4. The molecule has 0 saturated heterocycles. The Morgan fingerprint density at radius 1 is 1.07 bits per heavy atom. The van der Waals surface area contributed by atoms with Gasteiger partial charge in [0, 0.05) is 17.7 Å². The molecular weight excluding hydrogens is 362 g/mol. The molecule has 0 saturated carbocycles. The van der Waals surface area contributed by atoms with E-state index in [1.165, 1.54) is 11.1 Å². The molecule has 0 spiro atoms. The van der Waals surface area contributed by atoms with E-state index in [9.17, 15) is 4.79 Å². The average Bonchev–Trinajstić information content (AvgIpc) is 3.16. The van der Waals surface area contributed by atoms with Gasteiger partial charge in [-0.1, -0.05) is 31.2 Å². The van der Waals surface area contributed by atoms with E-state index in [1.807, 2.05) is 24.3 Å². The van der Waals surface area contributed by atoms with Crippen LogP contribution in [0.25, 0.3) is 11.4 Å². The Bertz CT molecular complexity index is 859. The van der Waals surface area contributed by atoms with E-state index in [0.717, 1.165) is 24.1 Å². The number of nitrogens with two attached hydrogens (primary N) is 1. The van der Waals surface area contributed by atoms with Gasteiger partial charge in [-0.2, -0.15) is 5.10 Å². The molecule has 1 amide bonds. The average molecular weight is 386 g/mol. The number of aromatic amines is 1. The maximum absolute atomic E-state index is 12.2. The highest BCUT2D eigenvalue weighted by molar-refractivity contribution is 5.91. The monoisotopic (exact) mass is 385 g/mol. The number of rotatable bonds is 7. The molecule has 0 fully saturated rings. The number of aromatic nitrogens is 3. The first-order valence-corrected chi connectivity index (χ1v) is 8.77. The van der Waals surface area contributed by atoms with E-state index >= 15 is 0 Å². The first-order valence-electron chi connectivity index (χ1n) is 8.77. The highest BCUT2D eigenvalue weighted by Crippen LogP contribution is 2.18. The molecule has 7 heteroatoms. The molecule has 6 nitrogen and oxygen atoms in total. The Morgan fingerprint density at radius 2 is 1.74 bits per heavy atom. The van der Waals surface area contributed by atoms with E-state index in [-0.39, 0.29) is 18.3 Å². The van der Waals surface area contributed by atoms with Crippen LogP contribution in [0, 0.1) is 0 Å². The van der Waals surface area contributed by atoms with Crippen molar-refractivity contribution in [3.63, 3.8) is 0 Å². The van der Waals surface area contributed by atoms with Crippen LogP contribution in [0.1, 0.15) is 30.3 Å². The van der Waals surface area contributed by atoms with Crippen LogP contribution < -0.4 is 11.1 Å². The molecule has 4 N–H and O–H groups in total. The number of aryl methyl sites for hydroxylation is 2. The number of benzene rings is 2.